The van der Waals surface area contributed by atoms with Gasteiger partial charge in [0.1, 0.15) is 6.10 Å². The van der Waals surface area contributed by atoms with Gasteiger partial charge in [0.2, 0.25) is 0 Å². The maximum atomic E-state index is 12.0. The van der Waals surface area contributed by atoms with Gasteiger partial charge in [-0.05, 0) is 26.0 Å². The van der Waals surface area contributed by atoms with Gasteiger partial charge in [-0.1, -0.05) is 0 Å². The van der Waals surface area contributed by atoms with Crippen molar-refractivity contribution >= 4 is 0 Å². The van der Waals surface area contributed by atoms with Crippen molar-refractivity contribution in [3.05, 3.63) is 23.5 Å². The van der Waals surface area contributed by atoms with Gasteiger partial charge in [0.25, 0.3) is 6.43 Å². The minimum atomic E-state index is -2.68. The first-order chi connectivity index (χ1) is 6.02. The van der Waals surface area contributed by atoms with Crippen LogP contribution in [0.5, 0.6) is 0 Å². The monoisotopic (exact) mass is 189 g/mol. The van der Waals surface area contributed by atoms with Crippen LogP contribution in [0.1, 0.15) is 11.4 Å². The molecule has 74 valence electrons. The highest BCUT2D eigenvalue weighted by atomic mass is 19.3. The molecule has 1 unspecified atom stereocenters. The fourth-order valence-corrected chi connectivity index (χ4v) is 1.25. The maximum absolute atomic E-state index is 12.0. The van der Waals surface area contributed by atoms with Crippen molar-refractivity contribution in [3.8, 4) is 0 Å². The van der Waals surface area contributed by atoms with Crippen LogP contribution in [-0.2, 0) is 6.54 Å². The van der Waals surface area contributed by atoms with Crippen molar-refractivity contribution in [1.82, 2.24) is 4.57 Å². The third-order valence-electron chi connectivity index (χ3n) is 2.08. The second-order valence-electron chi connectivity index (χ2n) is 3.13. The van der Waals surface area contributed by atoms with Crippen molar-refractivity contribution in [2.24, 2.45) is 0 Å². The van der Waals surface area contributed by atoms with Gasteiger partial charge in [-0.3, -0.25) is 0 Å². The van der Waals surface area contributed by atoms with Crippen molar-refractivity contribution < 1.29 is 13.9 Å². The van der Waals surface area contributed by atoms with Gasteiger partial charge < -0.3 is 9.67 Å². The summed E-state index contributed by atoms with van der Waals surface area (Å²) in [7, 11) is 0. The highest BCUT2D eigenvalue weighted by Gasteiger charge is 2.18. The summed E-state index contributed by atoms with van der Waals surface area (Å²) in [6, 6.07) is 3.68. The first-order valence-electron chi connectivity index (χ1n) is 4.11. The second-order valence-corrected chi connectivity index (χ2v) is 3.13. The SMILES string of the molecule is Cc1ccc(C)n1CC(O)C(F)F. The smallest absolute Gasteiger partial charge is 0.265 e. The second kappa shape index (κ2) is 3.87. The molecule has 4 heteroatoms. The molecule has 1 aromatic rings. The molecule has 0 saturated carbocycles. The first-order valence-corrected chi connectivity index (χ1v) is 4.11. The Morgan fingerprint density at radius 3 is 2.15 bits per heavy atom. The van der Waals surface area contributed by atoms with Gasteiger partial charge in [0, 0.05) is 11.4 Å². The number of rotatable bonds is 3. The quantitative estimate of drug-likeness (QED) is 0.769. The van der Waals surface area contributed by atoms with E-state index in [1.165, 1.54) is 0 Å². The van der Waals surface area contributed by atoms with Gasteiger partial charge >= 0.3 is 0 Å². The lowest BCUT2D eigenvalue weighted by atomic mass is 10.3. The molecule has 0 aromatic carbocycles. The summed E-state index contributed by atoms with van der Waals surface area (Å²) in [5.74, 6) is 0. The van der Waals surface area contributed by atoms with Crippen molar-refractivity contribution in [2.75, 3.05) is 0 Å². The summed E-state index contributed by atoms with van der Waals surface area (Å²) in [6.07, 6.45) is -4.26. The number of aryl methyl sites for hydroxylation is 2. The fraction of sp³-hybridized carbons (Fsp3) is 0.556. The zero-order chi connectivity index (χ0) is 10.0. The normalized spacial score (nSPS) is 13.7. The number of aromatic nitrogens is 1. The molecule has 0 amide bonds. The van der Waals surface area contributed by atoms with E-state index >= 15 is 0 Å². The number of nitrogens with zero attached hydrogens (tertiary/aromatic N) is 1. The number of alkyl halides is 2. The number of halogens is 2. The minimum Gasteiger partial charge on any atom is -0.385 e. The van der Waals surface area contributed by atoms with Crippen LogP contribution < -0.4 is 0 Å². The van der Waals surface area contributed by atoms with Gasteiger partial charge in [0.15, 0.2) is 0 Å². The predicted molar refractivity (Wildman–Crippen MR) is 45.9 cm³/mol. The lowest BCUT2D eigenvalue weighted by molar-refractivity contribution is -0.0140. The molecule has 0 radical (unpaired) electrons. The van der Waals surface area contributed by atoms with Crippen LogP contribution in [-0.4, -0.2) is 22.2 Å². The maximum Gasteiger partial charge on any atom is 0.265 e. The molecule has 1 rings (SSSR count). The molecule has 1 heterocycles. The van der Waals surface area contributed by atoms with Crippen molar-refractivity contribution in [3.63, 3.8) is 0 Å². The molecule has 1 atom stereocenters. The molecule has 1 aromatic heterocycles. The van der Waals surface area contributed by atoms with E-state index in [-0.39, 0.29) is 6.54 Å². The Hall–Kier alpha value is -0.900. The van der Waals surface area contributed by atoms with Crippen LogP contribution in [0.15, 0.2) is 12.1 Å². The molecule has 0 fully saturated rings. The van der Waals surface area contributed by atoms with E-state index in [1.54, 1.807) is 4.57 Å². The Morgan fingerprint density at radius 2 is 1.77 bits per heavy atom. The molecule has 0 saturated heterocycles. The number of hydrogen-bond acceptors (Lipinski definition) is 1. The summed E-state index contributed by atoms with van der Waals surface area (Å²) in [5, 5.41) is 8.98. The van der Waals surface area contributed by atoms with E-state index in [2.05, 4.69) is 0 Å². The lowest BCUT2D eigenvalue weighted by Gasteiger charge is -2.13. The fourth-order valence-electron chi connectivity index (χ4n) is 1.25. The van der Waals surface area contributed by atoms with E-state index in [4.69, 9.17) is 5.11 Å². The van der Waals surface area contributed by atoms with Crippen LogP contribution in [0.2, 0.25) is 0 Å². The van der Waals surface area contributed by atoms with Crippen LogP contribution in [0, 0.1) is 13.8 Å². The average molecular weight is 189 g/mol. The Bertz CT molecular complexity index is 264. The van der Waals surface area contributed by atoms with Gasteiger partial charge in [-0.15, -0.1) is 0 Å². The van der Waals surface area contributed by atoms with Gasteiger partial charge in [0.05, 0.1) is 6.54 Å². The zero-order valence-corrected chi connectivity index (χ0v) is 7.67. The molecule has 13 heavy (non-hydrogen) atoms. The number of aliphatic hydroxyl groups excluding tert-OH is 1. The summed E-state index contributed by atoms with van der Waals surface area (Å²) in [5.41, 5.74) is 1.77. The highest BCUT2D eigenvalue weighted by Crippen LogP contribution is 2.11. The molecule has 2 nitrogen and oxygen atoms in total. The molecule has 0 aliphatic rings. The van der Waals surface area contributed by atoms with E-state index in [9.17, 15) is 8.78 Å². The summed E-state index contributed by atoms with van der Waals surface area (Å²) < 4.78 is 25.7. The van der Waals surface area contributed by atoms with Crippen LogP contribution >= 0.6 is 0 Å². The van der Waals surface area contributed by atoms with Gasteiger partial charge in [-0.2, -0.15) is 0 Å². The van der Waals surface area contributed by atoms with Crippen molar-refractivity contribution in [1.29, 1.82) is 0 Å². The van der Waals surface area contributed by atoms with E-state index < -0.39 is 12.5 Å². The lowest BCUT2D eigenvalue weighted by Crippen LogP contribution is -2.24. The molecule has 0 aliphatic carbocycles. The summed E-state index contributed by atoms with van der Waals surface area (Å²) in [4.78, 5) is 0. The molecule has 0 aliphatic heterocycles. The van der Waals surface area contributed by atoms with E-state index in [0.717, 1.165) is 11.4 Å². The Labute approximate surface area is 75.8 Å². The van der Waals surface area contributed by atoms with Gasteiger partial charge in [-0.25, -0.2) is 8.78 Å². The zero-order valence-electron chi connectivity index (χ0n) is 7.67. The molecular weight excluding hydrogens is 176 g/mol. The minimum absolute atomic E-state index is 0.0394. The first kappa shape index (κ1) is 10.2. The standard InChI is InChI=1S/C9H13F2NO/c1-6-3-4-7(2)12(6)5-8(13)9(10)11/h3-4,8-9,13H,5H2,1-2H3. The third-order valence-corrected chi connectivity index (χ3v) is 2.08. The van der Waals surface area contributed by atoms with E-state index in [1.807, 2.05) is 26.0 Å². The summed E-state index contributed by atoms with van der Waals surface area (Å²) >= 11 is 0. The Balaban J connectivity index is 2.73. The third kappa shape index (κ3) is 2.28. The number of hydrogen-bond donors (Lipinski definition) is 1. The number of aliphatic hydroxyl groups is 1. The largest absolute Gasteiger partial charge is 0.385 e. The van der Waals surface area contributed by atoms with E-state index in [0.29, 0.717) is 0 Å². The van der Waals surface area contributed by atoms with Crippen LogP contribution in [0.4, 0.5) is 8.78 Å². The molecule has 0 bridgehead atoms. The predicted octanol–water partition coefficient (Wildman–Crippen LogP) is 1.73. The average Bonchev–Trinajstić information content (AvgIpc) is 2.35. The molecule has 0 spiro atoms. The molecule has 1 N–H and O–H groups in total. The Kier molecular flexibility index (Phi) is 3.03. The highest BCUT2D eigenvalue weighted by molar-refractivity contribution is 5.13. The Morgan fingerprint density at radius 1 is 1.31 bits per heavy atom. The summed E-state index contributed by atoms with van der Waals surface area (Å²) in [6.45, 7) is 3.61. The van der Waals surface area contributed by atoms with Crippen LogP contribution in [0.3, 0.4) is 0 Å². The topological polar surface area (TPSA) is 25.2 Å². The van der Waals surface area contributed by atoms with Crippen molar-refractivity contribution in [2.45, 2.75) is 32.9 Å². The van der Waals surface area contributed by atoms with Crippen LogP contribution in [0.25, 0.3) is 0 Å². The molecular formula is C9H13F2NO.